The molecule has 6 heteroatoms. The Balaban J connectivity index is 2.18. The Bertz CT molecular complexity index is 358. The van der Waals surface area contributed by atoms with Crippen LogP contribution in [0.4, 0.5) is 0 Å². The first-order chi connectivity index (χ1) is 9.80. The second-order valence-corrected chi connectivity index (χ2v) is 6.51. The molecule has 1 aliphatic rings. The van der Waals surface area contributed by atoms with Gasteiger partial charge in [-0.15, -0.1) is 0 Å². The monoisotopic (exact) mass is 300 g/mol. The van der Waals surface area contributed by atoms with Crippen LogP contribution >= 0.6 is 0 Å². The quantitative estimate of drug-likeness (QED) is 0.656. The van der Waals surface area contributed by atoms with E-state index >= 15 is 0 Å². The van der Waals surface area contributed by atoms with Crippen molar-refractivity contribution in [3.8, 4) is 0 Å². The average molecular weight is 300 g/mol. The van der Waals surface area contributed by atoms with Crippen LogP contribution in [0.3, 0.4) is 0 Å². The van der Waals surface area contributed by atoms with Gasteiger partial charge < -0.3 is 20.1 Å². The minimum atomic E-state index is -0.757. The lowest BCUT2D eigenvalue weighted by Crippen LogP contribution is -2.47. The summed E-state index contributed by atoms with van der Waals surface area (Å²) in [4.78, 5) is 24.4. The zero-order valence-electron chi connectivity index (χ0n) is 13.4. The van der Waals surface area contributed by atoms with Crippen LogP contribution in [-0.4, -0.2) is 60.8 Å². The predicted octanol–water partition coefficient (Wildman–Crippen LogP) is 1.10. The van der Waals surface area contributed by atoms with E-state index < -0.39 is 5.97 Å². The van der Waals surface area contributed by atoms with Gasteiger partial charge in [0.05, 0.1) is 19.3 Å². The molecule has 1 atom stereocenters. The lowest BCUT2D eigenvalue weighted by Gasteiger charge is -2.31. The summed E-state index contributed by atoms with van der Waals surface area (Å²) in [7, 11) is 0. The third-order valence-electron chi connectivity index (χ3n) is 3.86. The fourth-order valence-electron chi connectivity index (χ4n) is 2.35. The molecule has 0 bridgehead atoms. The van der Waals surface area contributed by atoms with Crippen LogP contribution in [0.25, 0.3) is 0 Å². The molecule has 1 rings (SSSR count). The van der Waals surface area contributed by atoms with Crippen LogP contribution in [0.15, 0.2) is 0 Å². The van der Waals surface area contributed by atoms with Gasteiger partial charge in [-0.3, -0.25) is 9.59 Å². The van der Waals surface area contributed by atoms with E-state index in [1.165, 1.54) is 0 Å². The molecule has 0 aromatic carbocycles. The van der Waals surface area contributed by atoms with Crippen LogP contribution in [0.2, 0.25) is 0 Å². The highest BCUT2D eigenvalue weighted by atomic mass is 16.5. The van der Waals surface area contributed by atoms with E-state index in [-0.39, 0.29) is 23.8 Å². The topological polar surface area (TPSA) is 78.9 Å². The van der Waals surface area contributed by atoms with Crippen molar-refractivity contribution >= 4 is 11.9 Å². The van der Waals surface area contributed by atoms with E-state index in [0.29, 0.717) is 32.7 Å². The highest BCUT2D eigenvalue weighted by molar-refractivity contribution is 5.78. The number of carbonyl (C=O) groups is 2. The molecule has 6 nitrogen and oxygen atoms in total. The maximum Gasteiger partial charge on any atom is 0.303 e. The number of carboxylic acid groups (broad SMARTS) is 1. The number of hydrogen-bond acceptors (Lipinski definition) is 4. The molecule has 0 spiro atoms. The summed E-state index contributed by atoms with van der Waals surface area (Å²) in [5.41, 5.74) is -0.0259. The molecule has 1 heterocycles. The molecule has 0 aliphatic carbocycles. The summed E-state index contributed by atoms with van der Waals surface area (Å²) < 4.78 is 5.41. The molecule has 1 unspecified atom stereocenters. The second-order valence-electron chi connectivity index (χ2n) is 6.51. The minimum absolute atomic E-state index is 0.0259. The number of amides is 1. The zero-order valence-corrected chi connectivity index (χ0v) is 13.4. The first kappa shape index (κ1) is 17.9. The second kappa shape index (κ2) is 8.34. The van der Waals surface area contributed by atoms with E-state index in [0.717, 1.165) is 13.0 Å². The summed E-state index contributed by atoms with van der Waals surface area (Å²) in [6.07, 6.45) is 1.81. The molecule has 122 valence electrons. The molecular weight excluding hydrogens is 272 g/mol. The van der Waals surface area contributed by atoms with Gasteiger partial charge in [0.1, 0.15) is 0 Å². The highest BCUT2D eigenvalue weighted by Crippen LogP contribution is 2.25. The fourth-order valence-corrected chi connectivity index (χ4v) is 2.35. The largest absolute Gasteiger partial charge is 0.481 e. The van der Waals surface area contributed by atoms with Crippen molar-refractivity contribution in [1.29, 1.82) is 0 Å². The van der Waals surface area contributed by atoms with E-state index in [2.05, 4.69) is 19.2 Å². The summed E-state index contributed by atoms with van der Waals surface area (Å²) in [6, 6.07) is 0. The third kappa shape index (κ3) is 7.43. The number of aliphatic carboxylic acids is 1. The van der Waals surface area contributed by atoms with E-state index in [4.69, 9.17) is 9.84 Å². The van der Waals surface area contributed by atoms with E-state index in [1.54, 1.807) is 0 Å². The van der Waals surface area contributed by atoms with Gasteiger partial charge in [0.25, 0.3) is 0 Å². The fraction of sp³-hybridized carbons (Fsp3) is 0.867. The number of hydrogen-bond donors (Lipinski definition) is 2. The van der Waals surface area contributed by atoms with Gasteiger partial charge in [-0.25, -0.2) is 0 Å². The van der Waals surface area contributed by atoms with E-state index in [1.807, 2.05) is 11.8 Å². The lowest BCUT2D eigenvalue weighted by atomic mass is 9.84. The van der Waals surface area contributed by atoms with Crippen molar-refractivity contribution in [1.82, 2.24) is 10.2 Å². The first-order valence-corrected chi connectivity index (χ1v) is 7.62. The smallest absolute Gasteiger partial charge is 0.303 e. The standard InChI is InChI=1S/C15H28N2O4/c1-12-11-17(8-9-21-12)13(18)10-16-7-6-15(2,3)5-4-14(19)20/h12,16H,4-11H2,1-3H3,(H,19,20). The van der Waals surface area contributed by atoms with Gasteiger partial charge in [0, 0.05) is 19.5 Å². The molecule has 1 fully saturated rings. The Hall–Kier alpha value is -1.14. The van der Waals surface area contributed by atoms with Gasteiger partial charge in [0.15, 0.2) is 0 Å². The normalized spacial score (nSPS) is 19.6. The Kier molecular flexibility index (Phi) is 7.11. The van der Waals surface area contributed by atoms with Crippen molar-refractivity contribution in [2.75, 3.05) is 32.8 Å². The maximum atomic E-state index is 12.0. The van der Waals surface area contributed by atoms with Gasteiger partial charge in [-0.05, 0) is 31.7 Å². The summed E-state index contributed by atoms with van der Waals surface area (Å²) in [5, 5.41) is 11.9. The Morgan fingerprint density at radius 1 is 1.38 bits per heavy atom. The van der Waals surface area contributed by atoms with Crippen molar-refractivity contribution in [2.45, 2.75) is 46.1 Å². The number of morpholine rings is 1. The van der Waals surface area contributed by atoms with Crippen LogP contribution in [0.5, 0.6) is 0 Å². The predicted molar refractivity (Wildman–Crippen MR) is 80.1 cm³/mol. The first-order valence-electron chi connectivity index (χ1n) is 7.62. The minimum Gasteiger partial charge on any atom is -0.481 e. The third-order valence-corrected chi connectivity index (χ3v) is 3.86. The van der Waals surface area contributed by atoms with Crippen LogP contribution < -0.4 is 5.32 Å². The molecule has 0 aromatic rings. The van der Waals surface area contributed by atoms with Crippen molar-refractivity contribution in [3.05, 3.63) is 0 Å². The maximum absolute atomic E-state index is 12.0. The number of nitrogens with zero attached hydrogens (tertiary/aromatic N) is 1. The van der Waals surface area contributed by atoms with E-state index in [9.17, 15) is 9.59 Å². The van der Waals surface area contributed by atoms with Crippen LogP contribution in [0, 0.1) is 5.41 Å². The number of carbonyl (C=O) groups excluding carboxylic acids is 1. The molecule has 0 aromatic heterocycles. The molecule has 1 saturated heterocycles. The molecule has 1 aliphatic heterocycles. The average Bonchev–Trinajstić information content (AvgIpc) is 2.41. The van der Waals surface area contributed by atoms with Crippen molar-refractivity contribution in [2.24, 2.45) is 5.41 Å². The highest BCUT2D eigenvalue weighted by Gasteiger charge is 2.22. The lowest BCUT2D eigenvalue weighted by molar-refractivity contribution is -0.138. The summed E-state index contributed by atoms with van der Waals surface area (Å²) in [6.45, 7) is 9.07. The van der Waals surface area contributed by atoms with Gasteiger partial charge in [-0.1, -0.05) is 13.8 Å². The Labute approximate surface area is 126 Å². The molecule has 21 heavy (non-hydrogen) atoms. The number of rotatable bonds is 8. The van der Waals surface area contributed by atoms with Gasteiger partial charge in [-0.2, -0.15) is 0 Å². The molecule has 1 amide bonds. The van der Waals surface area contributed by atoms with Crippen molar-refractivity contribution in [3.63, 3.8) is 0 Å². The Morgan fingerprint density at radius 3 is 2.71 bits per heavy atom. The van der Waals surface area contributed by atoms with Crippen molar-refractivity contribution < 1.29 is 19.4 Å². The zero-order chi connectivity index (χ0) is 15.9. The number of nitrogens with one attached hydrogen (secondary N) is 1. The summed E-state index contributed by atoms with van der Waals surface area (Å²) in [5.74, 6) is -0.652. The molecule has 2 N–H and O–H groups in total. The Morgan fingerprint density at radius 2 is 2.10 bits per heavy atom. The molecule has 0 saturated carbocycles. The SMILES string of the molecule is CC1CN(C(=O)CNCCC(C)(C)CCC(=O)O)CCO1. The molecular formula is C15H28N2O4. The van der Waals surface area contributed by atoms with Crippen LogP contribution in [0.1, 0.15) is 40.0 Å². The number of ether oxygens (including phenoxy) is 1. The number of carboxylic acids is 1. The van der Waals surface area contributed by atoms with Gasteiger partial charge in [0.2, 0.25) is 5.91 Å². The van der Waals surface area contributed by atoms with Crippen LogP contribution in [-0.2, 0) is 14.3 Å². The van der Waals surface area contributed by atoms with Gasteiger partial charge >= 0.3 is 5.97 Å². The molecule has 0 radical (unpaired) electrons. The summed E-state index contributed by atoms with van der Waals surface area (Å²) >= 11 is 0.